The van der Waals surface area contributed by atoms with E-state index >= 15 is 0 Å². The number of rotatable bonds is 60. The zero-order chi connectivity index (χ0) is 55.7. The van der Waals surface area contributed by atoms with Crippen molar-refractivity contribution in [1.29, 1.82) is 0 Å². The number of esters is 3. The predicted molar refractivity (Wildman–Crippen MR) is 334 cm³/mol. The van der Waals surface area contributed by atoms with Crippen LogP contribution in [0.1, 0.15) is 329 Å². The normalized spacial score (nSPS) is 12.6. The third kappa shape index (κ3) is 63.3. The third-order valence-corrected chi connectivity index (χ3v) is 14.4. The summed E-state index contributed by atoms with van der Waals surface area (Å²) >= 11 is 0. The van der Waals surface area contributed by atoms with E-state index in [4.69, 9.17) is 14.2 Å². The molecule has 0 heterocycles. The molecule has 77 heavy (non-hydrogen) atoms. The van der Waals surface area contributed by atoms with Gasteiger partial charge in [0.2, 0.25) is 0 Å². The Morgan fingerprint density at radius 2 is 0.506 bits per heavy atom. The van der Waals surface area contributed by atoms with Crippen LogP contribution in [0.25, 0.3) is 0 Å². The molecule has 0 aromatic carbocycles. The molecule has 0 fully saturated rings. The van der Waals surface area contributed by atoms with Crippen LogP contribution in [0.5, 0.6) is 0 Å². The molecule has 0 aromatic rings. The molecule has 1 unspecified atom stereocenters. The van der Waals surface area contributed by atoms with Crippen LogP contribution < -0.4 is 0 Å². The van der Waals surface area contributed by atoms with Crippen molar-refractivity contribution in [3.63, 3.8) is 0 Å². The Bertz CT molecular complexity index is 1470. The summed E-state index contributed by atoms with van der Waals surface area (Å²) in [7, 11) is 0. The van der Waals surface area contributed by atoms with Crippen LogP contribution in [-0.4, -0.2) is 37.2 Å². The Kier molecular flexibility index (Phi) is 62.2. The molecule has 0 bridgehead atoms. The molecule has 1 atom stereocenters. The Hall–Kier alpha value is -3.41. The van der Waals surface area contributed by atoms with Gasteiger partial charge in [0.1, 0.15) is 13.2 Å². The summed E-state index contributed by atoms with van der Waals surface area (Å²) < 4.78 is 16.9. The maximum Gasteiger partial charge on any atom is 0.306 e. The first kappa shape index (κ1) is 73.6. The highest BCUT2D eigenvalue weighted by Gasteiger charge is 2.19. The summed E-state index contributed by atoms with van der Waals surface area (Å²) in [4.78, 5) is 38.2. The predicted octanol–water partition coefficient (Wildman–Crippen LogP) is 22.7. The van der Waals surface area contributed by atoms with Crippen LogP contribution in [0.2, 0.25) is 0 Å². The molecule has 0 aliphatic rings. The van der Waals surface area contributed by atoms with Gasteiger partial charge in [-0.1, -0.05) is 318 Å². The van der Waals surface area contributed by atoms with E-state index in [1.54, 1.807) is 0 Å². The lowest BCUT2D eigenvalue weighted by atomic mass is 10.0. The van der Waals surface area contributed by atoms with E-state index in [9.17, 15) is 14.4 Å². The maximum atomic E-state index is 12.9. The average molecular weight is 1070 g/mol. The number of carbonyl (C=O) groups is 3. The minimum absolute atomic E-state index is 0.0735. The van der Waals surface area contributed by atoms with Crippen LogP contribution in [0.4, 0.5) is 0 Å². The van der Waals surface area contributed by atoms with Crippen LogP contribution in [-0.2, 0) is 28.6 Å². The summed E-state index contributed by atoms with van der Waals surface area (Å²) in [5.41, 5.74) is 0. The molecule has 0 radical (unpaired) electrons. The lowest BCUT2D eigenvalue weighted by molar-refractivity contribution is -0.167. The number of allylic oxidation sites excluding steroid dienone is 14. The highest BCUT2D eigenvalue weighted by molar-refractivity contribution is 5.71. The van der Waals surface area contributed by atoms with E-state index in [1.807, 2.05) is 0 Å². The minimum atomic E-state index is -0.775. The zero-order valence-electron chi connectivity index (χ0n) is 51.0. The largest absolute Gasteiger partial charge is 0.462 e. The molecular formula is C71H124O6. The van der Waals surface area contributed by atoms with E-state index in [1.165, 1.54) is 180 Å². The molecule has 0 spiro atoms. The quantitative estimate of drug-likeness (QED) is 0.0261. The van der Waals surface area contributed by atoms with Gasteiger partial charge in [-0.3, -0.25) is 14.4 Å². The summed E-state index contributed by atoms with van der Waals surface area (Å²) in [6.45, 7) is 6.53. The fourth-order valence-corrected chi connectivity index (χ4v) is 9.48. The average Bonchev–Trinajstić information content (AvgIpc) is 3.43. The van der Waals surface area contributed by atoms with Crippen molar-refractivity contribution in [3.05, 3.63) is 85.1 Å². The van der Waals surface area contributed by atoms with Crippen molar-refractivity contribution in [1.82, 2.24) is 0 Å². The van der Waals surface area contributed by atoms with Crippen molar-refractivity contribution in [2.24, 2.45) is 0 Å². The van der Waals surface area contributed by atoms with Gasteiger partial charge < -0.3 is 14.2 Å². The minimum Gasteiger partial charge on any atom is -0.462 e. The van der Waals surface area contributed by atoms with Crippen molar-refractivity contribution in [3.8, 4) is 0 Å². The van der Waals surface area contributed by atoms with E-state index < -0.39 is 6.10 Å². The van der Waals surface area contributed by atoms with Gasteiger partial charge in [-0.05, 0) is 77.0 Å². The fourth-order valence-electron chi connectivity index (χ4n) is 9.48. The van der Waals surface area contributed by atoms with Crippen molar-refractivity contribution < 1.29 is 28.6 Å². The molecule has 0 saturated heterocycles. The fraction of sp³-hybridized carbons (Fsp3) is 0.761. The van der Waals surface area contributed by atoms with Crippen molar-refractivity contribution in [2.75, 3.05) is 13.2 Å². The second-order valence-corrected chi connectivity index (χ2v) is 22.0. The molecule has 0 aliphatic heterocycles. The first-order valence-corrected chi connectivity index (χ1v) is 33.1. The van der Waals surface area contributed by atoms with E-state index in [-0.39, 0.29) is 31.1 Å². The molecule has 6 heteroatoms. The molecule has 0 aromatic heterocycles. The Labute approximate surface area is 477 Å². The van der Waals surface area contributed by atoms with E-state index in [2.05, 4.69) is 106 Å². The molecule has 0 amide bonds. The number of unbranched alkanes of at least 4 members (excludes halogenated alkanes) is 35. The Morgan fingerprint density at radius 1 is 0.273 bits per heavy atom. The van der Waals surface area contributed by atoms with Crippen LogP contribution in [0.15, 0.2) is 85.1 Å². The number of carbonyl (C=O) groups excluding carboxylic acids is 3. The van der Waals surface area contributed by atoms with Gasteiger partial charge in [-0.2, -0.15) is 0 Å². The molecular weight excluding hydrogens is 949 g/mol. The summed E-state index contributed by atoms with van der Waals surface area (Å²) in [6, 6.07) is 0. The van der Waals surface area contributed by atoms with Crippen LogP contribution in [0.3, 0.4) is 0 Å². The summed E-state index contributed by atoms with van der Waals surface area (Å²) in [5, 5.41) is 0. The van der Waals surface area contributed by atoms with Gasteiger partial charge in [0.05, 0.1) is 0 Å². The van der Waals surface area contributed by atoms with Crippen molar-refractivity contribution in [2.45, 2.75) is 335 Å². The number of ether oxygens (including phenoxy) is 3. The smallest absolute Gasteiger partial charge is 0.306 e. The Balaban J connectivity index is 4.15. The monoisotopic (exact) mass is 1070 g/mol. The first-order chi connectivity index (χ1) is 38.0. The standard InChI is InChI=1S/C71H124O6/c1-4-7-10-13-16-19-21-23-25-27-29-31-32-33-34-35-36-37-38-39-40-41-43-44-46-48-50-52-55-58-61-64-70(73)76-67-68(66-75-69(72)63-60-57-54-18-15-12-9-6-3)77-71(74)65-62-59-56-53-51-49-47-45-42-30-28-26-24-22-20-17-14-11-8-5-2/h7,10,16,19,23,25,29,31,33-34,36-37,39-40,68H,4-6,8-9,11-15,17-18,20-22,24,26-28,30,32,35,38,41-67H2,1-3H3/b10-7-,19-16-,25-23-,31-29-,34-33-,37-36-,40-39-. The number of hydrogen-bond donors (Lipinski definition) is 0. The maximum absolute atomic E-state index is 12.9. The SMILES string of the molecule is CC/C=C\C/C=C\C/C=C\C/C=C\C/C=C\C/C=C\C/C=C\CCCCCCCCCCCC(=O)OCC(COC(=O)CCCCCCCCCC)OC(=O)CCCCCCCCCCCCCCCCCCCCCC. The molecule has 6 nitrogen and oxygen atoms in total. The van der Waals surface area contributed by atoms with Gasteiger partial charge in [-0.25, -0.2) is 0 Å². The van der Waals surface area contributed by atoms with Crippen LogP contribution in [0, 0.1) is 0 Å². The molecule has 444 valence electrons. The van der Waals surface area contributed by atoms with E-state index in [0.29, 0.717) is 19.3 Å². The summed E-state index contributed by atoms with van der Waals surface area (Å²) in [6.07, 6.45) is 86.1. The Morgan fingerprint density at radius 3 is 0.792 bits per heavy atom. The van der Waals surface area contributed by atoms with Gasteiger partial charge in [0.15, 0.2) is 6.10 Å². The van der Waals surface area contributed by atoms with E-state index in [0.717, 1.165) is 109 Å². The molecule has 0 rings (SSSR count). The molecule has 0 N–H and O–H groups in total. The van der Waals surface area contributed by atoms with Crippen molar-refractivity contribution >= 4 is 17.9 Å². The van der Waals surface area contributed by atoms with Gasteiger partial charge in [0.25, 0.3) is 0 Å². The second-order valence-electron chi connectivity index (χ2n) is 22.0. The second kappa shape index (κ2) is 65.1. The van der Waals surface area contributed by atoms with Gasteiger partial charge in [0, 0.05) is 19.3 Å². The topological polar surface area (TPSA) is 78.9 Å². The molecule has 0 aliphatic carbocycles. The zero-order valence-corrected chi connectivity index (χ0v) is 51.0. The van der Waals surface area contributed by atoms with Gasteiger partial charge in [-0.15, -0.1) is 0 Å². The third-order valence-electron chi connectivity index (χ3n) is 14.4. The highest BCUT2D eigenvalue weighted by Crippen LogP contribution is 2.17. The number of hydrogen-bond acceptors (Lipinski definition) is 6. The van der Waals surface area contributed by atoms with Crippen LogP contribution >= 0.6 is 0 Å². The lowest BCUT2D eigenvalue weighted by Crippen LogP contribution is -2.30. The summed E-state index contributed by atoms with van der Waals surface area (Å²) in [5.74, 6) is -0.869. The lowest BCUT2D eigenvalue weighted by Gasteiger charge is -2.18. The van der Waals surface area contributed by atoms with Gasteiger partial charge >= 0.3 is 17.9 Å². The highest BCUT2D eigenvalue weighted by atomic mass is 16.6. The first-order valence-electron chi connectivity index (χ1n) is 33.1. The molecule has 0 saturated carbocycles.